The summed E-state index contributed by atoms with van der Waals surface area (Å²) in [4.78, 5) is 12.8. The van der Waals surface area contributed by atoms with Gasteiger partial charge in [0.15, 0.2) is 14.6 Å². The number of aryl methyl sites for hydroxylation is 1. The van der Waals surface area contributed by atoms with Crippen molar-refractivity contribution in [3.05, 3.63) is 59.7 Å². The van der Waals surface area contributed by atoms with Crippen LogP contribution in [0, 0.1) is 0 Å². The van der Waals surface area contributed by atoms with E-state index in [1.54, 1.807) is 12.1 Å². The van der Waals surface area contributed by atoms with Gasteiger partial charge in [-0.25, -0.2) is 13.9 Å². The lowest BCUT2D eigenvalue weighted by Crippen LogP contribution is -2.54. The summed E-state index contributed by atoms with van der Waals surface area (Å²) in [5.41, 5.74) is 4.26. The van der Waals surface area contributed by atoms with Gasteiger partial charge in [0.1, 0.15) is 4.99 Å². The summed E-state index contributed by atoms with van der Waals surface area (Å²) in [6, 6.07) is 14.1. The van der Waals surface area contributed by atoms with Crippen LogP contribution in [0.25, 0.3) is 0 Å². The molecule has 1 heterocycles. The highest BCUT2D eigenvalue weighted by atomic mass is 32.2. The summed E-state index contributed by atoms with van der Waals surface area (Å²) in [5.74, 6) is -0.939. The van der Waals surface area contributed by atoms with Gasteiger partial charge in [0.05, 0.1) is 4.90 Å². The van der Waals surface area contributed by atoms with E-state index in [-0.39, 0.29) is 31.0 Å². The molecule has 0 spiro atoms. The minimum absolute atomic E-state index is 0.00149. The van der Waals surface area contributed by atoms with Crippen molar-refractivity contribution in [3.63, 3.8) is 0 Å². The fraction of sp³-hybridized carbons (Fsp3) is 0.364. The van der Waals surface area contributed by atoms with Crippen LogP contribution in [-0.2, 0) is 25.8 Å². The fourth-order valence-electron chi connectivity index (χ4n) is 3.68. The van der Waals surface area contributed by atoms with E-state index in [9.17, 15) is 13.2 Å². The van der Waals surface area contributed by atoms with E-state index in [1.807, 2.05) is 24.3 Å². The van der Waals surface area contributed by atoms with E-state index in [0.29, 0.717) is 10.7 Å². The van der Waals surface area contributed by atoms with Crippen LogP contribution >= 0.6 is 12.2 Å². The second kappa shape index (κ2) is 9.86. The van der Waals surface area contributed by atoms with E-state index in [0.717, 1.165) is 18.4 Å². The maximum atomic E-state index is 13.3. The van der Waals surface area contributed by atoms with Crippen LogP contribution in [0.5, 0.6) is 0 Å². The number of ether oxygens (including phenoxy) is 1. The van der Waals surface area contributed by atoms with Gasteiger partial charge >= 0.3 is 0 Å². The molecule has 31 heavy (non-hydrogen) atoms. The molecular formula is C22H26N2O5S2. The van der Waals surface area contributed by atoms with Crippen molar-refractivity contribution < 1.29 is 23.2 Å². The number of nitrogens with one attached hydrogen (secondary N) is 2. The molecule has 1 saturated heterocycles. The Balaban J connectivity index is 1.78. The Morgan fingerprint density at radius 1 is 1.10 bits per heavy atom. The molecule has 1 aliphatic heterocycles. The van der Waals surface area contributed by atoms with Gasteiger partial charge < -0.3 is 10.1 Å². The number of benzene rings is 2. The van der Waals surface area contributed by atoms with Crippen molar-refractivity contribution in [2.45, 2.75) is 42.2 Å². The molecule has 0 aromatic heterocycles. The Labute approximate surface area is 187 Å². The van der Waals surface area contributed by atoms with Crippen LogP contribution < -0.4 is 10.8 Å². The first kappa shape index (κ1) is 23.3. The van der Waals surface area contributed by atoms with E-state index in [2.05, 4.69) is 12.2 Å². The Kier molecular flexibility index (Phi) is 7.42. The number of anilines is 1. The van der Waals surface area contributed by atoms with E-state index in [4.69, 9.17) is 22.2 Å². The van der Waals surface area contributed by atoms with Crippen molar-refractivity contribution in [1.29, 1.82) is 0 Å². The predicted molar refractivity (Wildman–Crippen MR) is 122 cm³/mol. The van der Waals surface area contributed by atoms with Gasteiger partial charge in [-0.15, -0.1) is 0 Å². The number of amides is 1. The number of carbonyl (C=O) groups excluding carboxylic acids is 1. The number of thiocarbonyl (C=S) groups is 1. The molecule has 0 saturated carbocycles. The quantitative estimate of drug-likeness (QED) is 0.330. The predicted octanol–water partition coefficient (Wildman–Crippen LogP) is 3.26. The molecular weight excluding hydrogens is 436 g/mol. The molecule has 3 rings (SSSR count). The third kappa shape index (κ3) is 4.79. The third-order valence-electron chi connectivity index (χ3n) is 5.51. The molecule has 0 bridgehead atoms. The SMILES string of the molecule is CCCc1ccc(C(=S)Nc2ccc(S(=O)(=O)C3(C(=O)NO)CCOCC3)cc2)cc1. The van der Waals surface area contributed by atoms with Gasteiger partial charge in [-0.1, -0.05) is 49.8 Å². The maximum absolute atomic E-state index is 13.3. The Hall–Kier alpha value is -2.33. The smallest absolute Gasteiger partial charge is 0.265 e. The van der Waals surface area contributed by atoms with Crippen molar-refractivity contribution in [2.24, 2.45) is 0 Å². The Morgan fingerprint density at radius 2 is 1.71 bits per heavy atom. The van der Waals surface area contributed by atoms with Gasteiger partial charge in [-0.2, -0.15) is 0 Å². The van der Waals surface area contributed by atoms with Gasteiger partial charge in [0, 0.05) is 24.5 Å². The van der Waals surface area contributed by atoms with Crippen LogP contribution in [0.3, 0.4) is 0 Å². The molecule has 1 fully saturated rings. The highest BCUT2D eigenvalue weighted by Crippen LogP contribution is 2.35. The number of hydrogen-bond acceptors (Lipinski definition) is 6. The minimum Gasteiger partial charge on any atom is -0.381 e. The zero-order chi connectivity index (χ0) is 22.5. The number of rotatable bonds is 7. The van der Waals surface area contributed by atoms with Crippen molar-refractivity contribution >= 4 is 38.6 Å². The van der Waals surface area contributed by atoms with Crippen molar-refractivity contribution in [3.8, 4) is 0 Å². The van der Waals surface area contributed by atoms with Crippen LogP contribution in [0.4, 0.5) is 5.69 Å². The molecule has 0 aliphatic carbocycles. The van der Waals surface area contributed by atoms with Crippen LogP contribution in [0.15, 0.2) is 53.4 Å². The first-order valence-electron chi connectivity index (χ1n) is 10.1. The van der Waals surface area contributed by atoms with Crippen LogP contribution in [0.1, 0.15) is 37.3 Å². The van der Waals surface area contributed by atoms with Crippen molar-refractivity contribution in [1.82, 2.24) is 5.48 Å². The van der Waals surface area contributed by atoms with Gasteiger partial charge in [-0.05, 0) is 49.1 Å². The van der Waals surface area contributed by atoms with Gasteiger partial charge in [0.2, 0.25) is 0 Å². The molecule has 1 amide bonds. The molecule has 0 radical (unpaired) electrons. The largest absolute Gasteiger partial charge is 0.381 e. The van der Waals surface area contributed by atoms with Gasteiger partial charge in [-0.3, -0.25) is 10.0 Å². The summed E-state index contributed by atoms with van der Waals surface area (Å²) >= 11 is 5.46. The zero-order valence-corrected chi connectivity index (χ0v) is 18.9. The summed E-state index contributed by atoms with van der Waals surface area (Å²) in [5, 5.41) is 12.2. The lowest BCUT2D eigenvalue weighted by atomic mass is 9.98. The fourth-order valence-corrected chi connectivity index (χ4v) is 5.87. The number of hydroxylamine groups is 1. The van der Waals surface area contributed by atoms with Crippen molar-refractivity contribution in [2.75, 3.05) is 18.5 Å². The average molecular weight is 463 g/mol. The average Bonchev–Trinajstić information content (AvgIpc) is 2.80. The van der Waals surface area contributed by atoms with E-state index < -0.39 is 20.5 Å². The molecule has 0 atom stereocenters. The zero-order valence-electron chi connectivity index (χ0n) is 17.3. The lowest BCUT2D eigenvalue weighted by Gasteiger charge is -2.34. The summed E-state index contributed by atoms with van der Waals surface area (Å²) in [7, 11) is -4.06. The standard InChI is InChI=1S/C22H26N2O5S2/c1-2-3-16-4-6-17(7-5-16)20(30)23-18-8-10-19(11-9-18)31(27,28)22(21(25)24-26)12-14-29-15-13-22/h4-11,26H,2-3,12-15H2,1H3,(H,23,30)(H,24,25). The lowest BCUT2D eigenvalue weighted by molar-refractivity contribution is -0.134. The second-order valence-electron chi connectivity index (χ2n) is 7.48. The first-order valence-corrected chi connectivity index (χ1v) is 12.0. The molecule has 3 N–H and O–H groups in total. The highest BCUT2D eigenvalue weighted by Gasteiger charge is 2.52. The Bertz CT molecular complexity index is 1030. The van der Waals surface area contributed by atoms with Gasteiger partial charge in [0.25, 0.3) is 5.91 Å². The molecule has 2 aromatic rings. The third-order valence-corrected chi connectivity index (χ3v) is 8.36. The molecule has 1 aliphatic rings. The normalized spacial score (nSPS) is 15.8. The molecule has 7 nitrogen and oxygen atoms in total. The van der Waals surface area contributed by atoms with E-state index >= 15 is 0 Å². The van der Waals surface area contributed by atoms with Crippen LogP contribution in [-0.4, -0.2) is 42.5 Å². The van der Waals surface area contributed by atoms with E-state index in [1.165, 1.54) is 23.2 Å². The monoisotopic (exact) mass is 462 g/mol. The summed E-state index contributed by atoms with van der Waals surface area (Å²) < 4.78 is 30.0. The number of sulfone groups is 1. The number of carbonyl (C=O) groups is 1. The highest BCUT2D eigenvalue weighted by molar-refractivity contribution is 7.93. The Morgan fingerprint density at radius 3 is 2.26 bits per heavy atom. The maximum Gasteiger partial charge on any atom is 0.265 e. The second-order valence-corrected chi connectivity index (χ2v) is 10.1. The first-order chi connectivity index (χ1) is 14.8. The minimum atomic E-state index is -4.06. The topological polar surface area (TPSA) is 105 Å². The molecule has 9 heteroatoms. The van der Waals surface area contributed by atoms with Crippen LogP contribution in [0.2, 0.25) is 0 Å². The molecule has 2 aromatic carbocycles. The molecule has 166 valence electrons. The molecule has 0 unspecified atom stereocenters. The summed E-state index contributed by atoms with van der Waals surface area (Å²) in [6.07, 6.45) is 2.03. The number of hydrogen-bond donors (Lipinski definition) is 3. The summed E-state index contributed by atoms with van der Waals surface area (Å²) in [6.45, 7) is 2.37.